The molecule has 4 heteroatoms. The van der Waals surface area contributed by atoms with Crippen LogP contribution in [0, 0.1) is 0 Å². The van der Waals surface area contributed by atoms with E-state index in [4.69, 9.17) is 9.47 Å². The zero-order valence-corrected chi connectivity index (χ0v) is 10.7. The molecule has 1 aromatic heterocycles. The standard InChI is InChI=1S/C13H18N2O2/c1-15(2)8-9-7-14-13-11(17-4)6-5-10(16-3)12(9)13/h5-7,14H,8H2,1-4H3. The van der Waals surface area contributed by atoms with E-state index in [9.17, 15) is 0 Å². The van der Waals surface area contributed by atoms with Crippen molar-refractivity contribution >= 4 is 10.9 Å². The molecule has 0 radical (unpaired) electrons. The van der Waals surface area contributed by atoms with Gasteiger partial charge in [0.05, 0.1) is 19.7 Å². The predicted molar refractivity (Wildman–Crippen MR) is 68.8 cm³/mol. The highest BCUT2D eigenvalue weighted by Gasteiger charge is 2.13. The normalized spacial score (nSPS) is 11.1. The van der Waals surface area contributed by atoms with Crippen LogP contribution in [0.2, 0.25) is 0 Å². The first-order valence-electron chi connectivity index (χ1n) is 5.53. The highest BCUT2D eigenvalue weighted by molar-refractivity contribution is 5.93. The summed E-state index contributed by atoms with van der Waals surface area (Å²) in [4.78, 5) is 5.38. The van der Waals surface area contributed by atoms with Crippen LogP contribution in [0.3, 0.4) is 0 Å². The van der Waals surface area contributed by atoms with E-state index < -0.39 is 0 Å². The third-order valence-corrected chi connectivity index (χ3v) is 2.77. The molecule has 0 amide bonds. The Morgan fingerprint density at radius 3 is 2.35 bits per heavy atom. The molecule has 0 saturated heterocycles. The predicted octanol–water partition coefficient (Wildman–Crippen LogP) is 2.25. The van der Waals surface area contributed by atoms with Gasteiger partial charge in [-0.25, -0.2) is 0 Å². The summed E-state index contributed by atoms with van der Waals surface area (Å²) in [6, 6.07) is 3.85. The lowest BCUT2D eigenvalue weighted by molar-refractivity contribution is 0.399. The lowest BCUT2D eigenvalue weighted by atomic mass is 10.1. The lowest BCUT2D eigenvalue weighted by Gasteiger charge is -2.11. The number of H-pyrrole nitrogens is 1. The van der Waals surface area contributed by atoms with Gasteiger partial charge in [0.25, 0.3) is 0 Å². The maximum atomic E-state index is 5.41. The summed E-state index contributed by atoms with van der Waals surface area (Å²) in [5, 5.41) is 1.10. The van der Waals surface area contributed by atoms with E-state index in [1.807, 2.05) is 32.4 Å². The number of nitrogens with one attached hydrogen (secondary N) is 1. The van der Waals surface area contributed by atoms with Gasteiger partial charge in [0, 0.05) is 18.1 Å². The van der Waals surface area contributed by atoms with Crippen molar-refractivity contribution in [2.75, 3.05) is 28.3 Å². The van der Waals surface area contributed by atoms with Crippen LogP contribution in [0.25, 0.3) is 10.9 Å². The molecule has 0 atom stereocenters. The summed E-state index contributed by atoms with van der Waals surface area (Å²) in [7, 11) is 7.46. The Bertz CT molecular complexity index is 517. The van der Waals surface area contributed by atoms with Crippen molar-refractivity contribution in [1.82, 2.24) is 9.88 Å². The molecule has 0 aliphatic rings. The molecule has 0 unspecified atom stereocenters. The molecular weight excluding hydrogens is 216 g/mol. The molecule has 0 aliphatic heterocycles. The summed E-state index contributed by atoms with van der Waals surface area (Å²) >= 11 is 0. The maximum Gasteiger partial charge on any atom is 0.143 e. The average Bonchev–Trinajstić information content (AvgIpc) is 2.71. The maximum absolute atomic E-state index is 5.41. The van der Waals surface area contributed by atoms with Crippen molar-refractivity contribution in [2.45, 2.75) is 6.54 Å². The zero-order chi connectivity index (χ0) is 12.4. The number of hydrogen-bond acceptors (Lipinski definition) is 3. The Morgan fingerprint density at radius 1 is 1.12 bits per heavy atom. The van der Waals surface area contributed by atoms with E-state index in [-0.39, 0.29) is 0 Å². The SMILES string of the molecule is COc1ccc(OC)c2c(CN(C)C)c[nH]c12. The molecule has 92 valence electrons. The van der Waals surface area contributed by atoms with Crippen molar-refractivity contribution < 1.29 is 9.47 Å². The fourth-order valence-corrected chi connectivity index (χ4v) is 2.06. The van der Waals surface area contributed by atoms with Crippen molar-refractivity contribution in [3.05, 3.63) is 23.9 Å². The van der Waals surface area contributed by atoms with E-state index in [2.05, 4.69) is 9.88 Å². The number of aromatic nitrogens is 1. The van der Waals surface area contributed by atoms with Crippen molar-refractivity contribution in [3.63, 3.8) is 0 Å². The van der Waals surface area contributed by atoms with Crippen molar-refractivity contribution in [1.29, 1.82) is 0 Å². The van der Waals surface area contributed by atoms with Gasteiger partial charge in [0.15, 0.2) is 0 Å². The molecule has 0 spiro atoms. The van der Waals surface area contributed by atoms with Crippen LogP contribution in [-0.4, -0.2) is 38.2 Å². The average molecular weight is 234 g/mol. The Labute approximate surface area is 101 Å². The van der Waals surface area contributed by atoms with Gasteiger partial charge in [-0.15, -0.1) is 0 Å². The highest BCUT2D eigenvalue weighted by Crippen LogP contribution is 2.35. The minimum absolute atomic E-state index is 0.839. The van der Waals surface area contributed by atoms with Crippen LogP contribution in [0.1, 0.15) is 5.56 Å². The van der Waals surface area contributed by atoms with Gasteiger partial charge in [-0.2, -0.15) is 0 Å². The number of benzene rings is 1. The molecular formula is C13H18N2O2. The van der Waals surface area contributed by atoms with Gasteiger partial charge in [0.1, 0.15) is 11.5 Å². The Hall–Kier alpha value is -1.68. The molecule has 1 heterocycles. The molecule has 2 aromatic rings. The first-order valence-corrected chi connectivity index (χ1v) is 5.53. The van der Waals surface area contributed by atoms with Gasteiger partial charge < -0.3 is 19.4 Å². The third kappa shape index (κ3) is 2.08. The van der Waals surface area contributed by atoms with Gasteiger partial charge >= 0.3 is 0 Å². The Morgan fingerprint density at radius 2 is 1.76 bits per heavy atom. The monoisotopic (exact) mass is 234 g/mol. The van der Waals surface area contributed by atoms with Gasteiger partial charge in [-0.05, 0) is 31.8 Å². The molecule has 0 fully saturated rings. The summed E-state index contributed by atoms with van der Waals surface area (Å²) in [5.74, 6) is 1.71. The molecule has 4 nitrogen and oxygen atoms in total. The smallest absolute Gasteiger partial charge is 0.143 e. The first-order chi connectivity index (χ1) is 8.17. The molecule has 0 saturated carbocycles. The number of rotatable bonds is 4. The van der Waals surface area contributed by atoms with Crippen LogP contribution in [0.5, 0.6) is 11.5 Å². The Kier molecular flexibility index (Phi) is 3.24. The first kappa shape index (κ1) is 11.8. The van der Waals surface area contributed by atoms with Crippen LogP contribution in [-0.2, 0) is 6.54 Å². The molecule has 0 aliphatic carbocycles. The second kappa shape index (κ2) is 4.67. The molecule has 17 heavy (non-hydrogen) atoms. The summed E-state index contributed by atoms with van der Waals surface area (Å²) in [6.07, 6.45) is 2.01. The van der Waals surface area contributed by atoms with Crippen LogP contribution in [0.4, 0.5) is 0 Å². The van der Waals surface area contributed by atoms with Gasteiger partial charge in [-0.3, -0.25) is 0 Å². The quantitative estimate of drug-likeness (QED) is 0.881. The molecule has 2 rings (SSSR count). The largest absolute Gasteiger partial charge is 0.496 e. The third-order valence-electron chi connectivity index (χ3n) is 2.77. The summed E-state index contributed by atoms with van der Waals surface area (Å²) in [6.45, 7) is 0.865. The topological polar surface area (TPSA) is 37.5 Å². The van der Waals surface area contributed by atoms with E-state index in [0.717, 1.165) is 28.9 Å². The summed E-state index contributed by atoms with van der Waals surface area (Å²) in [5.41, 5.74) is 2.20. The fraction of sp³-hybridized carbons (Fsp3) is 0.385. The Balaban J connectivity index is 2.63. The molecule has 0 bridgehead atoms. The van der Waals surface area contributed by atoms with Crippen molar-refractivity contribution in [3.8, 4) is 11.5 Å². The molecule has 1 N–H and O–H groups in total. The fourth-order valence-electron chi connectivity index (χ4n) is 2.06. The molecule has 1 aromatic carbocycles. The number of aromatic amines is 1. The van der Waals surface area contributed by atoms with Gasteiger partial charge in [0.2, 0.25) is 0 Å². The second-order valence-corrected chi connectivity index (χ2v) is 4.27. The number of nitrogens with zero attached hydrogens (tertiary/aromatic N) is 1. The minimum Gasteiger partial charge on any atom is -0.496 e. The van der Waals surface area contributed by atoms with Crippen LogP contribution < -0.4 is 9.47 Å². The number of fused-ring (bicyclic) bond motifs is 1. The van der Waals surface area contributed by atoms with Crippen LogP contribution in [0.15, 0.2) is 18.3 Å². The van der Waals surface area contributed by atoms with Gasteiger partial charge in [-0.1, -0.05) is 0 Å². The van der Waals surface area contributed by atoms with E-state index >= 15 is 0 Å². The lowest BCUT2D eigenvalue weighted by Crippen LogP contribution is -2.10. The second-order valence-electron chi connectivity index (χ2n) is 4.27. The number of ether oxygens (including phenoxy) is 2. The zero-order valence-electron chi connectivity index (χ0n) is 10.7. The minimum atomic E-state index is 0.839. The summed E-state index contributed by atoms with van der Waals surface area (Å²) < 4.78 is 10.8. The highest BCUT2D eigenvalue weighted by atomic mass is 16.5. The van der Waals surface area contributed by atoms with E-state index in [0.29, 0.717) is 0 Å². The van der Waals surface area contributed by atoms with E-state index in [1.54, 1.807) is 14.2 Å². The number of hydrogen-bond donors (Lipinski definition) is 1. The van der Waals surface area contributed by atoms with E-state index in [1.165, 1.54) is 5.56 Å². The number of methoxy groups -OCH3 is 2. The van der Waals surface area contributed by atoms with Crippen LogP contribution >= 0.6 is 0 Å². The van der Waals surface area contributed by atoms with Crippen molar-refractivity contribution in [2.24, 2.45) is 0 Å².